The highest BCUT2D eigenvalue weighted by Crippen LogP contribution is 2.71. The first-order valence-corrected chi connectivity index (χ1v) is 8.35. The highest BCUT2D eigenvalue weighted by Gasteiger charge is 2.85. The zero-order chi connectivity index (χ0) is 17.5. The average Bonchev–Trinajstić information content (AvgIpc) is 3.30. The van der Waals surface area contributed by atoms with Crippen molar-refractivity contribution >= 4 is 5.97 Å². The average molecular weight is 340 g/mol. The van der Waals surface area contributed by atoms with E-state index in [4.69, 9.17) is 14.2 Å². The van der Waals surface area contributed by atoms with Gasteiger partial charge in [-0.3, -0.25) is 4.79 Å². The molecule has 2 aliphatic heterocycles. The molecule has 2 heterocycles. The van der Waals surface area contributed by atoms with Crippen molar-refractivity contribution < 1.29 is 34.3 Å². The van der Waals surface area contributed by atoms with Crippen LogP contribution >= 0.6 is 0 Å². The fraction of sp³-hybridized carbons (Fsp3) is 0.824. The van der Waals surface area contributed by atoms with Crippen LogP contribution in [0, 0.1) is 10.8 Å². The molecule has 4 rings (SSSR count). The summed E-state index contributed by atoms with van der Waals surface area (Å²) >= 11 is 0. The topological polar surface area (TPSA) is 109 Å². The molecule has 0 amide bonds. The third-order valence-corrected chi connectivity index (χ3v) is 6.92. The predicted molar refractivity (Wildman–Crippen MR) is 80.9 cm³/mol. The first-order valence-electron chi connectivity index (χ1n) is 8.35. The van der Waals surface area contributed by atoms with Gasteiger partial charge in [0.05, 0.1) is 24.9 Å². The molecule has 3 fully saturated rings. The van der Waals surface area contributed by atoms with Crippen molar-refractivity contribution in [2.45, 2.75) is 63.3 Å². The predicted octanol–water partition coefficient (Wildman–Crippen LogP) is -0.475. The summed E-state index contributed by atoms with van der Waals surface area (Å²) in [6.45, 7) is 5.36. The fourth-order valence-electron chi connectivity index (χ4n) is 5.26. The van der Waals surface area contributed by atoms with Crippen molar-refractivity contribution in [3.05, 3.63) is 11.6 Å². The lowest BCUT2D eigenvalue weighted by molar-refractivity contribution is -0.237. The Kier molecular flexibility index (Phi) is 3.29. The van der Waals surface area contributed by atoms with E-state index in [-0.39, 0.29) is 13.0 Å². The summed E-state index contributed by atoms with van der Waals surface area (Å²) < 4.78 is 17.2. The second-order valence-corrected chi connectivity index (χ2v) is 7.86. The molecule has 0 aromatic rings. The Morgan fingerprint density at radius 3 is 2.67 bits per heavy atom. The van der Waals surface area contributed by atoms with Crippen LogP contribution in [0.15, 0.2) is 11.6 Å². The molecular weight excluding hydrogens is 316 g/mol. The zero-order valence-electron chi connectivity index (χ0n) is 14.1. The van der Waals surface area contributed by atoms with Crippen molar-refractivity contribution in [3.8, 4) is 0 Å². The van der Waals surface area contributed by atoms with Gasteiger partial charge in [0, 0.05) is 17.8 Å². The number of ether oxygens (including phenoxy) is 3. The molecule has 8 atom stereocenters. The maximum Gasteiger partial charge on any atom is 0.302 e. The lowest BCUT2D eigenvalue weighted by Gasteiger charge is -2.58. The van der Waals surface area contributed by atoms with E-state index >= 15 is 0 Å². The van der Waals surface area contributed by atoms with Crippen molar-refractivity contribution in [3.63, 3.8) is 0 Å². The molecule has 0 aromatic heterocycles. The Labute approximate surface area is 140 Å². The molecule has 1 spiro atoms. The lowest BCUT2D eigenvalue weighted by atomic mass is 9.51. The maximum atomic E-state index is 11.5. The third kappa shape index (κ3) is 1.67. The summed E-state index contributed by atoms with van der Waals surface area (Å²) in [6.07, 6.45) is -1.92. The molecule has 2 bridgehead atoms. The Bertz CT molecular complexity index is 612. The van der Waals surface area contributed by atoms with E-state index in [1.54, 1.807) is 0 Å². The highest BCUT2D eigenvalue weighted by molar-refractivity contribution is 5.66. The molecule has 2 unspecified atom stereocenters. The smallest absolute Gasteiger partial charge is 0.302 e. The van der Waals surface area contributed by atoms with Crippen LogP contribution in [0.25, 0.3) is 0 Å². The van der Waals surface area contributed by atoms with Crippen LogP contribution in [0.4, 0.5) is 0 Å². The van der Waals surface area contributed by atoms with Crippen LogP contribution in [0.3, 0.4) is 0 Å². The maximum absolute atomic E-state index is 11.5. The summed E-state index contributed by atoms with van der Waals surface area (Å²) in [4.78, 5) is 11.5. The Morgan fingerprint density at radius 1 is 1.42 bits per heavy atom. The minimum Gasteiger partial charge on any atom is -0.465 e. The lowest BCUT2D eigenvalue weighted by Crippen LogP contribution is -2.67. The number of aliphatic hydroxyl groups is 3. The van der Waals surface area contributed by atoms with Crippen LogP contribution in [-0.2, 0) is 19.0 Å². The number of fused-ring (bicyclic) bond motifs is 2. The number of aliphatic hydroxyl groups excluding tert-OH is 3. The molecule has 3 N–H and O–H groups in total. The van der Waals surface area contributed by atoms with Crippen molar-refractivity contribution in [2.24, 2.45) is 10.8 Å². The van der Waals surface area contributed by atoms with Gasteiger partial charge < -0.3 is 29.5 Å². The summed E-state index contributed by atoms with van der Waals surface area (Å²) in [7, 11) is 0. The Balaban J connectivity index is 1.87. The molecule has 4 aliphatic rings. The standard InChI is InChI=1S/C17H24O7/c1-8-4-11-16(5-10(8)19,6-22-9(2)18)15(3)13(21)12(20)14(24-11)17(15)7-23-17/h4,10-14,19-21H,5-7H2,1-3H3/t10-,11+,12+,13+,14+,15?,16+,17?/m0/s1. The van der Waals surface area contributed by atoms with Crippen LogP contribution in [0.1, 0.15) is 27.2 Å². The van der Waals surface area contributed by atoms with Gasteiger partial charge in [-0.2, -0.15) is 0 Å². The molecule has 7 nitrogen and oxygen atoms in total. The molecule has 0 aromatic carbocycles. The summed E-state index contributed by atoms with van der Waals surface area (Å²) in [5, 5.41) is 31.9. The second-order valence-electron chi connectivity index (χ2n) is 7.86. The normalized spacial score (nSPS) is 55.1. The van der Waals surface area contributed by atoms with Gasteiger partial charge in [-0.05, 0) is 18.9 Å². The quantitative estimate of drug-likeness (QED) is 0.354. The molecule has 7 heteroatoms. The Hall–Kier alpha value is -0.990. The molecule has 2 aliphatic carbocycles. The van der Waals surface area contributed by atoms with E-state index in [1.165, 1.54) is 6.92 Å². The van der Waals surface area contributed by atoms with Gasteiger partial charge in [-0.25, -0.2) is 0 Å². The minimum absolute atomic E-state index is 0.00799. The number of hydrogen-bond donors (Lipinski definition) is 3. The minimum atomic E-state index is -1.09. The summed E-state index contributed by atoms with van der Waals surface area (Å²) in [5.74, 6) is -0.437. The van der Waals surface area contributed by atoms with E-state index in [0.29, 0.717) is 6.61 Å². The van der Waals surface area contributed by atoms with Gasteiger partial charge >= 0.3 is 5.97 Å². The van der Waals surface area contributed by atoms with E-state index in [0.717, 1.165) is 5.57 Å². The molecular formula is C17H24O7. The van der Waals surface area contributed by atoms with Crippen molar-refractivity contribution in [1.29, 1.82) is 0 Å². The summed E-state index contributed by atoms with van der Waals surface area (Å²) in [6, 6.07) is 0. The number of rotatable bonds is 2. The van der Waals surface area contributed by atoms with Gasteiger partial charge in [0.15, 0.2) is 0 Å². The van der Waals surface area contributed by atoms with E-state index in [9.17, 15) is 20.1 Å². The van der Waals surface area contributed by atoms with Crippen molar-refractivity contribution in [1.82, 2.24) is 0 Å². The van der Waals surface area contributed by atoms with Gasteiger partial charge in [0.25, 0.3) is 0 Å². The SMILES string of the molecule is CC(=O)OC[C@]12C[C@H](O)C(C)=C[C@H]1O[C@@H]1[C@H](O)[C@@H](O)C2(C)C12CO2. The van der Waals surface area contributed by atoms with Crippen LogP contribution < -0.4 is 0 Å². The number of epoxide rings is 1. The van der Waals surface area contributed by atoms with Gasteiger partial charge in [-0.15, -0.1) is 0 Å². The molecule has 24 heavy (non-hydrogen) atoms. The molecule has 134 valence electrons. The number of hydrogen-bond acceptors (Lipinski definition) is 7. The van der Waals surface area contributed by atoms with E-state index in [1.807, 2.05) is 19.9 Å². The number of carbonyl (C=O) groups excluding carboxylic acids is 1. The van der Waals surface area contributed by atoms with Crippen LogP contribution in [-0.4, -0.2) is 70.6 Å². The molecule has 0 radical (unpaired) electrons. The highest BCUT2D eigenvalue weighted by atomic mass is 16.6. The van der Waals surface area contributed by atoms with E-state index < -0.39 is 52.9 Å². The fourth-order valence-corrected chi connectivity index (χ4v) is 5.26. The zero-order valence-corrected chi connectivity index (χ0v) is 14.1. The number of carbonyl (C=O) groups is 1. The Morgan fingerprint density at radius 2 is 2.08 bits per heavy atom. The number of esters is 1. The van der Waals surface area contributed by atoms with E-state index in [2.05, 4.69) is 0 Å². The van der Waals surface area contributed by atoms with Crippen LogP contribution in [0.2, 0.25) is 0 Å². The van der Waals surface area contributed by atoms with Gasteiger partial charge in [0.1, 0.15) is 24.4 Å². The third-order valence-electron chi connectivity index (χ3n) is 6.92. The molecule has 1 saturated carbocycles. The molecule has 2 saturated heterocycles. The van der Waals surface area contributed by atoms with Crippen molar-refractivity contribution in [2.75, 3.05) is 13.2 Å². The van der Waals surface area contributed by atoms with Gasteiger partial charge in [0.2, 0.25) is 0 Å². The summed E-state index contributed by atoms with van der Waals surface area (Å²) in [5.41, 5.74) is -1.80. The second kappa shape index (κ2) is 4.80. The largest absolute Gasteiger partial charge is 0.465 e. The van der Waals surface area contributed by atoms with Gasteiger partial charge in [-0.1, -0.05) is 13.0 Å². The first-order chi connectivity index (χ1) is 11.2. The monoisotopic (exact) mass is 340 g/mol. The first kappa shape index (κ1) is 16.5. The van der Waals surface area contributed by atoms with Crippen LogP contribution in [0.5, 0.6) is 0 Å².